The number of ether oxygens (including phenoxy) is 1. The molecular weight excluding hydrogens is 250 g/mol. The zero-order valence-corrected chi connectivity index (χ0v) is 12.0. The van der Waals surface area contributed by atoms with E-state index in [-0.39, 0.29) is 5.78 Å². The number of benzene rings is 1. The highest BCUT2D eigenvalue weighted by molar-refractivity contribution is 6.32. The lowest BCUT2D eigenvalue weighted by Gasteiger charge is -2.16. The van der Waals surface area contributed by atoms with Gasteiger partial charge in [-0.25, -0.2) is 0 Å². The highest BCUT2D eigenvalue weighted by Gasteiger charge is 2.06. The van der Waals surface area contributed by atoms with Crippen LogP contribution in [-0.4, -0.2) is 30.9 Å². The van der Waals surface area contributed by atoms with Crippen LogP contribution in [-0.2, 0) is 11.3 Å². The summed E-state index contributed by atoms with van der Waals surface area (Å²) in [5.74, 6) is 0.931. The number of halogens is 1. The molecule has 0 amide bonds. The van der Waals surface area contributed by atoms with Crippen molar-refractivity contribution in [2.24, 2.45) is 0 Å². The van der Waals surface area contributed by atoms with Crippen LogP contribution in [0.15, 0.2) is 18.2 Å². The van der Waals surface area contributed by atoms with E-state index < -0.39 is 0 Å². The predicted octanol–water partition coefficient (Wildman–Crippen LogP) is 3.15. The first-order valence-electron chi connectivity index (χ1n) is 6.12. The maximum atomic E-state index is 10.9. The molecule has 1 aromatic rings. The van der Waals surface area contributed by atoms with Gasteiger partial charge in [0.15, 0.2) is 0 Å². The SMILES string of the molecule is CCOc1ccc(CN(C)CCC(C)=O)cc1Cl. The summed E-state index contributed by atoms with van der Waals surface area (Å²) in [7, 11) is 1.99. The lowest BCUT2D eigenvalue weighted by atomic mass is 10.2. The molecular formula is C14H20ClNO2. The summed E-state index contributed by atoms with van der Waals surface area (Å²) < 4.78 is 5.39. The maximum Gasteiger partial charge on any atom is 0.137 e. The first-order valence-corrected chi connectivity index (χ1v) is 6.50. The van der Waals surface area contributed by atoms with E-state index in [1.54, 1.807) is 6.92 Å². The van der Waals surface area contributed by atoms with Crippen molar-refractivity contribution in [1.82, 2.24) is 4.90 Å². The van der Waals surface area contributed by atoms with Gasteiger partial charge in [-0.1, -0.05) is 17.7 Å². The zero-order chi connectivity index (χ0) is 13.5. The van der Waals surface area contributed by atoms with E-state index in [2.05, 4.69) is 4.90 Å². The molecule has 18 heavy (non-hydrogen) atoms. The molecule has 0 fully saturated rings. The molecule has 0 saturated carbocycles. The fraction of sp³-hybridized carbons (Fsp3) is 0.500. The average Bonchev–Trinajstić information content (AvgIpc) is 2.30. The molecule has 0 atom stereocenters. The minimum Gasteiger partial charge on any atom is -0.492 e. The van der Waals surface area contributed by atoms with E-state index >= 15 is 0 Å². The molecule has 0 spiro atoms. The number of rotatable bonds is 7. The van der Waals surface area contributed by atoms with Crippen LogP contribution in [0.25, 0.3) is 0 Å². The van der Waals surface area contributed by atoms with Gasteiger partial charge in [0.05, 0.1) is 11.6 Å². The first kappa shape index (κ1) is 15.0. The van der Waals surface area contributed by atoms with Gasteiger partial charge in [-0.2, -0.15) is 0 Å². The monoisotopic (exact) mass is 269 g/mol. The second-order valence-electron chi connectivity index (χ2n) is 4.39. The normalized spacial score (nSPS) is 10.7. The Morgan fingerprint density at radius 1 is 1.44 bits per heavy atom. The van der Waals surface area contributed by atoms with Gasteiger partial charge in [0.25, 0.3) is 0 Å². The Kier molecular flexibility index (Phi) is 6.16. The Balaban J connectivity index is 2.57. The van der Waals surface area contributed by atoms with E-state index in [4.69, 9.17) is 16.3 Å². The van der Waals surface area contributed by atoms with Gasteiger partial charge in [0.2, 0.25) is 0 Å². The van der Waals surface area contributed by atoms with Crippen LogP contribution in [0.2, 0.25) is 5.02 Å². The Bertz CT molecular complexity index is 407. The van der Waals surface area contributed by atoms with Gasteiger partial charge >= 0.3 is 0 Å². The molecule has 0 aliphatic rings. The summed E-state index contributed by atoms with van der Waals surface area (Å²) in [6, 6.07) is 5.80. The number of nitrogens with zero attached hydrogens (tertiary/aromatic N) is 1. The Labute approximate surface area is 114 Å². The van der Waals surface area contributed by atoms with Crippen LogP contribution < -0.4 is 4.74 Å². The Hall–Kier alpha value is -1.06. The van der Waals surface area contributed by atoms with Crippen molar-refractivity contribution < 1.29 is 9.53 Å². The third kappa shape index (κ3) is 5.07. The summed E-state index contributed by atoms with van der Waals surface area (Å²) in [5, 5.41) is 0.634. The quantitative estimate of drug-likeness (QED) is 0.762. The molecule has 0 heterocycles. The second-order valence-corrected chi connectivity index (χ2v) is 4.79. The Morgan fingerprint density at radius 2 is 2.17 bits per heavy atom. The van der Waals surface area contributed by atoms with Crippen molar-refractivity contribution in [1.29, 1.82) is 0 Å². The molecule has 0 radical (unpaired) electrons. The third-order valence-electron chi connectivity index (χ3n) is 2.59. The van der Waals surface area contributed by atoms with Crippen molar-refractivity contribution in [2.75, 3.05) is 20.2 Å². The number of carbonyl (C=O) groups excluding carboxylic acids is 1. The molecule has 0 aliphatic heterocycles. The van der Waals surface area contributed by atoms with Gasteiger partial charge in [0, 0.05) is 19.5 Å². The number of Topliss-reactive ketones (excluding diaryl/α,β-unsaturated/α-hetero) is 1. The minimum absolute atomic E-state index is 0.214. The van der Waals surface area contributed by atoms with Crippen LogP contribution >= 0.6 is 11.6 Å². The molecule has 0 bridgehead atoms. The number of hydrogen-bond donors (Lipinski definition) is 0. The smallest absolute Gasteiger partial charge is 0.137 e. The van der Waals surface area contributed by atoms with Crippen LogP contribution in [0.1, 0.15) is 25.8 Å². The van der Waals surface area contributed by atoms with Crippen molar-refractivity contribution >= 4 is 17.4 Å². The summed E-state index contributed by atoms with van der Waals surface area (Å²) in [6.45, 7) is 5.69. The van der Waals surface area contributed by atoms with Crippen molar-refractivity contribution in [2.45, 2.75) is 26.8 Å². The van der Waals surface area contributed by atoms with Crippen molar-refractivity contribution in [3.05, 3.63) is 28.8 Å². The number of hydrogen-bond acceptors (Lipinski definition) is 3. The first-order chi connectivity index (χ1) is 8.52. The van der Waals surface area contributed by atoms with E-state index in [0.717, 1.165) is 18.7 Å². The van der Waals surface area contributed by atoms with Crippen LogP contribution in [0.5, 0.6) is 5.75 Å². The largest absolute Gasteiger partial charge is 0.492 e. The van der Waals surface area contributed by atoms with Crippen LogP contribution in [0, 0.1) is 0 Å². The van der Waals surface area contributed by atoms with Crippen molar-refractivity contribution in [3.8, 4) is 5.75 Å². The number of carbonyl (C=O) groups is 1. The van der Waals surface area contributed by atoms with E-state index in [1.165, 1.54) is 0 Å². The van der Waals surface area contributed by atoms with Crippen molar-refractivity contribution in [3.63, 3.8) is 0 Å². The highest BCUT2D eigenvalue weighted by Crippen LogP contribution is 2.25. The number of ketones is 1. The molecule has 100 valence electrons. The topological polar surface area (TPSA) is 29.5 Å². The Morgan fingerprint density at radius 3 is 2.72 bits per heavy atom. The maximum absolute atomic E-state index is 10.9. The third-order valence-corrected chi connectivity index (χ3v) is 2.89. The molecule has 0 unspecified atom stereocenters. The average molecular weight is 270 g/mol. The molecule has 3 nitrogen and oxygen atoms in total. The fourth-order valence-corrected chi connectivity index (χ4v) is 1.91. The van der Waals surface area contributed by atoms with Gasteiger partial charge < -0.3 is 9.64 Å². The standard InChI is InChI=1S/C14H20ClNO2/c1-4-18-14-6-5-12(9-13(14)15)10-16(3)8-7-11(2)17/h5-6,9H,4,7-8,10H2,1-3H3. The highest BCUT2D eigenvalue weighted by atomic mass is 35.5. The van der Waals surface area contributed by atoms with E-state index in [1.807, 2.05) is 32.2 Å². The van der Waals surface area contributed by atoms with Crippen LogP contribution in [0.3, 0.4) is 0 Å². The van der Waals surface area contributed by atoms with Gasteiger partial charge in [0.1, 0.15) is 11.5 Å². The second kappa shape index (κ2) is 7.39. The van der Waals surface area contributed by atoms with Crippen LogP contribution in [0.4, 0.5) is 0 Å². The van der Waals surface area contributed by atoms with Gasteiger partial charge in [-0.15, -0.1) is 0 Å². The molecule has 0 aromatic heterocycles. The molecule has 0 saturated heterocycles. The van der Waals surface area contributed by atoms with Gasteiger partial charge in [-0.3, -0.25) is 4.79 Å². The lowest BCUT2D eigenvalue weighted by molar-refractivity contribution is -0.117. The van der Waals surface area contributed by atoms with E-state index in [9.17, 15) is 4.79 Å². The molecule has 0 N–H and O–H groups in total. The summed E-state index contributed by atoms with van der Waals surface area (Å²) in [5.41, 5.74) is 1.12. The fourth-order valence-electron chi connectivity index (χ4n) is 1.65. The summed E-state index contributed by atoms with van der Waals surface area (Å²) >= 11 is 6.12. The summed E-state index contributed by atoms with van der Waals surface area (Å²) in [4.78, 5) is 13.0. The predicted molar refractivity (Wildman–Crippen MR) is 74.3 cm³/mol. The molecule has 4 heteroatoms. The van der Waals surface area contributed by atoms with Gasteiger partial charge in [-0.05, 0) is 38.6 Å². The zero-order valence-electron chi connectivity index (χ0n) is 11.2. The molecule has 1 aromatic carbocycles. The lowest BCUT2D eigenvalue weighted by Crippen LogP contribution is -2.20. The molecule has 0 aliphatic carbocycles. The summed E-state index contributed by atoms with van der Waals surface area (Å²) in [6.07, 6.45) is 0.585. The van der Waals surface area contributed by atoms with E-state index in [0.29, 0.717) is 23.8 Å². The molecule has 1 rings (SSSR count). The minimum atomic E-state index is 0.214.